The van der Waals surface area contributed by atoms with Crippen LogP contribution in [0.3, 0.4) is 0 Å². The predicted octanol–water partition coefficient (Wildman–Crippen LogP) is 3.52. The van der Waals surface area contributed by atoms with Crippen molar-refractivity contribution in [2.24, 2.45) is 0 Å². The first kappa shape index (κ1) is 20.2. The molecule has 3 aliphatic carbocycles. The Kier molecular flexibility index (Phi) is 5.32. The topological polar surface area (TPSA) is 81.7 Å². The maximum Gasteiger partial charge on any atom is 0.317 e. The second-order valence-electron chi connectivity index (χ2n) is 9.61. The van der Waals surface area contributed by atoms with Crippen molar-refractivity contribution in [1.29, 1.82) is 0 Å². The predicted molar refractivity (Wildman–Crippen MR) is 112 cm³/mol. The summed E-state index contributed by atoms with van der Waals surface area (Å²) in [5.41, 5.74) is 4.43. The van der Waals surface area contributed by atoms with Crippen LogP contribution >= 0.6 is 0 Å². The molecule has 4 rings (SSSR count). The van der Waals surface area contributed by atoms with Gasteiger partial charge in [-0.05, 0) is 66.7 Å². The highest BCUT2D eigenvalue weighted by Crippen LogP contribution is 2.52. The van der Waals surface area contributed by atoms with Crippen molar-refractivity contribution in [3.05, 3.63) is 34.9 Å². The summed E-state index contributed by atoms with van der Waals surface area (Å²) in [6.45, 7) is 7.41. The molecule has 3 aliphatic rings. The molecule has 0 spiro atoms. The van der Waals surface area contributed by atoms with Gasteiger partial charge in [0.2, 0.25) is 0 Å². The van der Waals surface area contributed by atoms with E-state index < -0.39 is 5.97 Å². The second kappa shape index (κ2) is 7.63. The Balaban J connectivity index is 1.34. The molecule has 158 valence electrons. The molecule has 2 amide bonds. The number of hydrogen-bond donors (Lipinski definition) is 3. The zero-order valence-electron chi connectivity index (χ0n) is 17.7. The van der Waals surface area contributed by atoms with Gasteiger partial charge in [-0.3, -0.25) is 9.69 Å². The Morgan fingerprint density at radius 1 is 1.21 bits per heavy atom. The van der Waals surface area contributed by atoms with E-state index in [9.17, 15) is 9.59 Å². The minimum atomic E-state index is -0.796. The average Bonchev–Trinajstić information content (AvgIpc) is 2.98. The number of carboxylic acids is 1. The van der Waals surface area contributed by atoms with Gasteiger partial charge in [-0.15, -0.1) is 0 Å². The van der Waals surface area contributed by atoms with Crippen LogP contribution in [0.25, 0.3) is 0 Å². The highest BCUT2D eigenvalue weighted by Gasteiger charge is 2.41. The van der Waals surface area contributed by atoms with Crippen molar-refractivity contribution in [3.63, 3.8) is 0 Å². The van der Waals surface area contributed by atoms with Crippen molar-refractivity contribution in [2.75, 3.05) is 13.1 Å². The van der Waals surface area contributed by atoms with Gasteiger partial charge in [0.25, 0.3) is 0 Å². The molecule has 2 unspecified atom stereocenters. The third-order valence-corrected chi connectivity index (χ3v) is 7.31. The number of carbonyl (C=O) groups is 2. The third-order valence-electron chi connectivity index (χ3n) is 7.31. The smallest absolute Gasteiger partial charge is 0.317 e. The van der Waals surface area contributed by atoms with E-state index in [1.165, 1.54) is 29.5 Å². The molecule has 3 N–H and O–H groups in total. The van der Waals surface area contributed by atoms with Gasteiger partial charge in [0.05, 0.1) is 12.6 Å². The maximum absolute atomic E-state index is 12.6. The number of likely N-dealkylation sites (N-methyl/N-ethyl adjacent to an activating group) is 1. The van der Waals surface area contributed by atoms with Gasteiger partial charge in [-0.2, -0.15) is 0 Å². The van der Waals surface area contributed by atoms with Crippen molar-refractivity contribution < 1.29 is 14.7 Å². The number of aliphatic carboxylic acids is 1. The number of carboxylic acid groups (broad SMARTS) is 1. The van der Waals surface area contributed by atoms with Crippen LogP contribution in [0.4, 0.5) is 4.79 Å². The van der Waals surface area contributed by atoms with Crippen LogP contribution in [-0.2, 0) is 10.2 Å². The molecule has 1 fully saturated rings. The molecule has 29 heavy (non-hydrogen) atoms. The molecule has 0 saturated heterocycles. The molecule has 0 bridgehead atoms. The van der Waals surface area contributed by atoms with Crippen molar-refractivity contribution in [2.45, 2.75) is 82.3 Å². The first-order chi connectivity index (χ1) is 13.8. The molecular formula is C23H33N3O3. The van der Waals surface area contributed by atoms with Gasteiger partial charge in [-0.25, -0.2) is 4.79 Å². The third kappa shape index (κ3) is 3.87. The Hall–Kier alpha value is -2.08. The van der Waals surface area contributed by atoms with E-state index in [4.69, 9.17) is 5.11 Å². The van der Waals surface area contributed by atoms with Gasteiger partial charge < -0.3 is 15.7 Å². The zero-order valence-corrected chi connectivity index (χ0v) is 17.7. The second-order valence-corrected chi connectivity index (χ2v) is 9.61. The SMILES string of the molecule is CCN(CC(=O)O)C1CC(NC(=O)NC2CC3CCC(C)(C)c4cccc2c43)C1. The number of rotatable bonds is 6. The fourth-order valence-corrected chi connectivity index (χ4v) is 5.59. The Morgan fingerprint density at radius 2 is 1.97 bits per heavy atom. The number of urea groups is 1. The number of hydrogen-bond acceptors (Lipinski definition) is 3. The molecule has 6 nitrogen and oxygen atoms in total. The van der Waals surface area contributed by atoms with Gasteiger partial charge in [-0.1, -0.05) is 39.0 Å². The molecule has 0 aromatic heterocycles. The van der Waals surface area contributed by atoms with Crippen molar-refractivity contribution >= 4 is 12.0 Å². The van der Waals surface area contributed by atoms with Crippen LogP contribution in [-0.4, -0.2) is 47.2 Å². The fraction of sp³-hybridized carbons (Fsp3) is 0.652. The van der Waals surface area contributed by atoms with Crippen LogP contribution in [0.5, 0.6) is 0 Å². The van der Waals surface area contributed by atoms with Gasteiger partial charge in [0.15, 0.2) is 0 Å². The Morgan fingerprint density at radius 3 is 2.66 bits per heavy atom. The van der Waals surface area contributed by atoms with Crippen LogP contribution in [0.2, 0.25) is 0 Å². The summed E-state index contributed by atoms with van der Waals surface area (Å²) in [7, 11) is 0. The maximum atomic E-state index is 12.6. The van der Waals surface area contributed by atoms with E-state index in [1.54, 1.807) is 0 Å². The van der Waals surface area contributed by atoms with Gasteiger partial charge in [0, 0.05) is 12.1 Å². The van der Waals surface area contributed by atoms with E-state index in [0.29, 0.717) is 5.92 Å². The zero-order chi connectivity index (χ0) is 20.8. The van der Waals surface area contributed by atoms with E-state index in [1.807, 2.05) is 11.8 Å². The van der Waals surface area contributed by atoms with Gasteiger partial charge in [0.1, 0.15) is 0 Å². The summed E-state index contributed by atoms with van der Waals surface area (Å²) in [5.74, 6) is -0.239. The number of carbonyl (C=O) groups excluding carboxylic acids is 1. The normalized spacial score (nSPS) is 29.1. The highest BCUT2D eigenvalue weighted by molar-refractivity contribution is 5.75. The number of nitrogens with one attached hydrogen (secondary N) is 2. The standard InChI is InChI=1S/C23H33N3O3/c1-4-26(13-20(27)28)16-11-15(12-16)24-22(29)25-19-10-14-8-9-23(2,3)18-7-5-6-17(19)21(14)18/h5-7,14-16,19H,4,8-13H2,1-3H3,(H,27,28)(H2,24,25,29). The minimum absolute atomic E-state index is 0.0685. The molecule has 6 heteroatoms. The monoisotopic (exact) mass is 399 g/mol. The largest absolute Gasteiger partial charge is 0.480 e. The summed E-state index contributed by atoms with van der Waals surface area (Å²) < 4.78 is 0. The van der Waals surface area contributed by atoms with Crippen LogP contribution in [0, 0.1) is 0 Å². The first-order valence-electron chi connectivity index (χ1n) is 10.9. The minimum Gasteiger partial charge on any atom is -0.480 e. The average molecular weight is 400 g/mol. The lowest BCUT2D eigenvalue weighted by atomic mass is 9.69. The fourth-order valence-electron chi connectivity index (χ4n) is 5.59. The Bertz CT molecular complexity index is 801. The van der Waals surface area contributed by atoms with Crippen LogP contribution < -0.4 is 10.6 Å². The van der Waals surface area contributed by atoms with Crippen LogP contribution in [0.15, 0.2) is 18.2 Å². The van der Waals surface area contributed by atoms with E-state index in [2.05, 4.69) is 42.7 Å². The summed E-state index contributed by atoms with van der Waals surface area (Å²) >= 11 is 0. The molecule has 0 heterocycles. The summed E-state index contributed by atoms with van der Waals surface area (Å²) in [4.78, 5) is 25.6. The van der Waals surface area contributed by atoms with E-state index >= 15 is 0 Å². The van der Waals surface area contributed by atoms with E-state index in [0.717, 1.165) is 25.8 Å². The Labute approximate surface area is 173 Å². The van der Waals surface area contributed by atoms with Crippen molar-refractivity contribution in [1.82, 2.24) is 15.5 Å². The van der Waals surface area contributed by atoms with Gasteiger partial charge >= 0.3 is 12.0 Å². The highest BCUT2D eigenvalue weighted by atomic mass is 16.4. The molecular weight excluding hydrogens is 366 g/mol. The molecule has 1 saturated carbocycles. The first-order valence-corrected chi connectivity index (χ1v) is 10.9. The lowest BCUT2D eigenvalue weighted by molar-refractivity contribution is -0.139. The number of amides is 2. The molecule has 0 aliphatic heterocycles. The molecule has 0 radical (unpaired) electrons. The molecule has 1 aromatic carbocycles. The molecule has 1 aromatic rings. The van der Waals surface area contributed by atoms with Crippen molar-refractivity contribution in [3.8, 4) is 0 Å². The number of nitrogens with zero attached hydrogens (tertiary/aromatic N) is 1. The summed E-state index contributed by atoms with van der Waals surface area (Å²) in [6.07, 6.45) is 5.01. The summed E-state index contributed by atoms with van der Waals surface area (Å²) in [5, 5.41) is 15.3. The number of benzene rings is 1. The van der Waals surface area contributed by atoms with E-state index in [-0.39, 0.29) is 36.1 Å². The summed E-state index contributed by atoms with van der Waals surface area (Å²) in [6, 6.07) is 6.93. The van der Waals surface area contributed by atoms with Crippen LogP contribution in [0.1, 0.15) is 81.5 Å². The lowest BCUT2D eigenvalue weighted by Gasteiger charge is -2.42. The quantitative estimate of drug-likeness (QED) is 0.684. The molecule has 2 atom stereocenters. The lowest BCUT2D eigenvalue weighted by Crippen LogP contribution is -2.56.